The quantitative estimate of drug-likeness (QED) is 0.733. The Labute approximate surface area is 131 Å². The number of H-pyrrole nitrogens is 1. The van der Waals surface area contributed by atoms with Gasteiger partial charge in [0.15, 0.2) is 0 Å². The van der Waals surface area contributed by atoms with Crippen LogP contribution in [0.1, 0.15) is 18.7 Å². The summed E-state index contributed by atoms with van der Waals surface area (Å²) in [6, 6.07) is 2.71. The zero-order chi connectivity index (χ0) is 16.1. The van der Waals surface area contributed by atoms with Crippen LogP contribution in [0.4, 0.5) is 4.79 Å². The number of ether oxygens (including phenoxy) is 1. The molecule has 1 unspecified atom stereocenters. The van der Waals surface area contributed by atoms with Crippen LogP contribution in [0.15, 0.2) is 27.6 Å². The van der Waals surface area contributed by atoms with Crippen LogP contribution in [-0.2, 0) is 11.3 Å². The number of aromatic nitrogens is 3. The van der Waals surface area contributed by atoms with Gasteiger partial charge < -0.3 is 24.9 Å². The van der Waals surface area contributed by atoms with Gasteiger partial charge in [-0.05, 0) is 18.9 Å². The lowest BCUT2D eigenvalue weighted by Gasteiger charge is -2.10. The topological polar surface area (TPSA) is 122 Å². The van der Waals surface area contributed by atoms with Gasteiger partial charge in [-0.1, -0.05) is 5.16 Å². The lowest BCUT2D eigenvalue weighted by atomic mass is 10.2. The minimum absolute atomic E-state index is 0.0897. The highest BCUT2D eigenvalue weighted by atomic mass is 16.5. The summed E-state index contributed by atoms with van der Waals surface area (Å²) in [5.74, 6) is 0.556. The molecule has 3 heterocycles. The molecule has 0 radical (unpaired) electrons. The molecule has 1 aliphatic heterocycles. The van der Waals surface area contributed by atoms with Crippen molar-refractivity contribution in [2.24, 2.45) is 0 Å². The Bertz CT molecular complexity index is 720. The second-order valence-corrected chi connectivity index (χ2v) is 5.15. The Morgan fingerprint density at radius 3 is 3.13 bits per heavy atom. The van der Waals surface area contributed by atoms with Crippen LogP contribution in [-0.4, -0.2) is 40.4 Å². The Morgan fingerprint density at radius 1 is 1.43 bits per heavy atom. The van der Waals surface area contributed by atoms with Crippen LogP contribution in [0.3, 0.4) is 0 Å². The van der Waals surface area contributed by atoms with Crippen molar-refractivity contribution in [1.82, 2.24) is 25.8 Å². The van der Waals surface area contributed by atoms with Crippen molar-refractivity contribution in [3.63, 3.8) is 0 Å². The van der Waals surface area contributed by atoms with Crippen molar-refractivity contribution < 1.29 is 14.1 Å². The number of aromatic amines is 1. The molecular weight excluding hydrogens is 302 g/mol. The van der Waals surface area contributed by atoms with Gasteiger partial charge in [0.1, 0.15) is 0 Å². The van der Waals surface area contributed by atoms with Crippen LogP contribution in [0.5, 0.6) is 0 Å². The lowest BCUT2D eigenvalue weighted by molar-refractivity contribution is 0.111. The summed E-state index contributed by atoms with van der Waals surface area (Å²) in [6.45, 7) is 1.34. The zero-order valence-electron chi connectivity index (χ0n) is 12.4. The fraction of sp³-hybridized carbons (Fsp3) is 0.429. The third kappa shape index (κ3) is 4.16. The monoisotopic (exact) mass is 319 g/mol. The summed E-state index contributed by atoms with van der Waals surface area (Å²) in [5.41, 5.74) is 0.298. The summed E-state index contributed by atoms with van der Waals surface area (Å²) < 4.78 is 10.5. The van der Waals surface area contributed by atoms with Crippen LogP contribution in [0, 0.1) is 0 Å². The second-order valence-electron chi connectivity index (χ2n) is 5.15. The van der Waals surface area contributed by atoms with Gasteiger partial charge >= 0.3 is 6.03 Å². The highest BCUT2D eigenvalue weighted by molar-refractivity contribution is 5.73. The van der Waals surface area contributed by atoms with Gasteiger partial charge in [-0.2, -0.15) is 4.98 Å². The van der Waals surface area contributed by atoms with E-state index >= 15 is 0 Å². The van der Waals surface area contributed by atoms with E-state index in [9.17, 15) is 9.59 Å². The fourth-order valence-electron chi connectivity index (χ4n) is 2.26. The van der Waals surface area contributed by atoms with E-state index in [0.717, 1.165) is 19.4 Å². The molecule has 2 aromatic rings. The number of rotatable bonds is 5. The first-order valence-electron chi connectivity index (χ1n) is 7.36. The molecule has 0 spiro atoms. The summed E-state index contributed by atoms with van der Waals surface area (Å²) >= 11 is 0. The molecule has 3 rings (SSSR count). The maximum Gasteiger partial charge on any atom is 0.315 e. The van der Waals surface area contributed by atoms with E-state index in [1.807, 2.05) is 0 Å². The first-order chi connectivity index (χ1) is 11.2. The number of amides is 2. The summed E-state index contributed by atoms with van der Waals surface area (Å²) in [4.78, 5) is 29.6. The zero-order valence-corrected chi connectivity index (χ0v) is 12.4. The van der Waals surface area contributed by atoms with Crippen molar-refractivity contribution in [1.29, 1.82) is 0 Å². The van der Waals surface area contributed by atoms with Gasteiger partial charge in [0.25, 0.3) is 0 Å². The molecule has 1 saturated heterocycles. The molecule has 9 heteroatoms. The van der Waals surface area contributed by atoms with E-state index in [4.69, 9.17) is 9.26 Å². The molecule has 9 nitrogen and oxygen atoms in total. The highest BCUT2D eigenvalue weighted by Crippen LogP contribution is 2.12. The van der Waals surface area contributed by atoms with Crippen molar-refractivity contribution in [2.75, 3.05) is 13.2 Å². The molecule has 0 bridgehead atoms. The first-order valence-corrected chi connectivity index (χ1v) is 7.36. The number of urea groups is 1. The molecule has 1 fully saturated rings. The normalized spacial score (nSPS) is 17.1. The molecule has 23 heavy (non-hydrogen) atoms. The maximum atomic E-state index is 11.7. The minimum atomic E-state index is -0.323. The lowest BCUT2D eigenvalue weighted by Crippen LogP contribution is -2.39. The molecular formula is C14H17N5O4. The van der Waals surface area contributed by atoms with Crippen LogP contribution >= 0.6 is 0 Å². The highest BCUT2D eigenvalue weighted by Gasteiger charge is 2.16. The fourth-order valence-corrected chi connectivity index (χ4v) is 2.26. The molecule has 0 aliphatic carbocycles. The Balaban J connectivity index is 1.49. The first kappa shape index (κ1) is 15.2. The van der Waals surface area contributed by atoms with Gasteiger partial charge in [0.2, 0.25) is 17.3 Å². The molecule has 2 amide bonds. The van der Waals surface area contributed by atoms with E-state index in [2.05, 4.69) is 25.8 Å². The Morgan fingerprint density at radius 2 is 2.35 bits per heavy atom. The van der Waals surface area contributed by atoms with Gasteiger partial charge in [-0.3, -0.25) is 4.79 Å². The van der Waals surface area contributed by atoms with Crippen molar-refractivity contribution >= 4 is 6.03 Å². The number of carbonyl (C=O) groups excluding carboxylic acids is 1. The molecule has 3 N–H and O–H groups in total. The van der Waals surface area contributed by atoms with Gasteiger partial charge in [0.05, 0.1) is 12.6 Å². The number of carbonyl (C=O) groups is 1. The number of pyridine rings is 1. The van der Waals surface area contributed by atoms with Gasteiger partial charge in [-0.15, -0.1) is 0 Å². The van der Waals surface area contributed by atoms with Crippen molar-refractivity contribution in [2.45, 2.75) is 25.5 Å². The number of hydrogen-bond acceptors (Lipinski definition) is 6. The summed E-state index contributed by atoms with van der Waals surface area (Å²) in [6.07, 6.45) is 3.58. The van der Waals surface area contributed by atoms with E-state index in [-0.39, 0.29) is 30.1 Å². The molecule has 1 atom stereocenters. The average molecular weight is 319 g/mol. The molecule has 1 aliphatic rings. The molecule has 0 saturated carbocycles. The second kappa shape index (κ2) is 7.05. The predicted octanol–water partition coefficient (Wildman–Crippen LogP) is 0.403. The van der Waals surface area contributed by atoms with Crippen LogP contribution in [0.2, 0.25) is 0 Å². The Kier molecular flexibility index (Phi) is 4.67. The predicted molar refractivity (Wildman–Crippen MR) is 79.6 cm³/mol. The van der Waals surface area contributed by atoms with Crippen molar-refractivity contribution in [3.05, 3.63) is 34.6 Å². The van der Waals surface area contributed by atoms with Gasteiger partial charge in [0, 0.05) is 31.0 Å². The van der Waals surface area contributed by atoms with E-state index < -0.39 is 0 Å². The molecule has 2 aromatic heterocycles. The van der Waals surface area contributed by atoms with E-state index in [1.165, 1.54) is 12.3 Å². The number of nitrogens with zero attached hydrogens (tertiary/aromatic N) is 2. The number of nitrogens with one attached hydrogen (secondary N) is 3. The average Bonchev–Trinajstić information content (AvgIpc) is 3.22. The van der Waals surface area contributed by atoms with Crippen molar-refractivity contribution in [3.8, 4) is 11.4 Å². The third-order valence-corrected chi connectivity index (χ3v) is 3.42. The van der Waals surface area contributed by atoms with Crippen LogP contribution in [0.25, 0.3) is 11.4 Å². The molecule has 122 valence electrons. The Hall–Kier alpha value is -2.68. The largest absolute Gasteiger partial charge is 0.376 e. The smallest absolute Gasteiger partial charge is 0.315 e. The molecule has 0 aromatic carbocycles. The van der Waals surface area contributed by atoms with Gasteiger partial charge in [-0.25, -0.2) is 4.79 Å². The minimum Gasteiger partial charge on any atom is -0.376 e. The third-order valence-electron chi connectivity index (χ3n) is 3.42. The SMILES string of the molecule is O=C(NCc1nc(-c2cc[nH]c(=O)c2)no1)NCC1CCCO1. The van der Waals surface area contributed by atoms with Crippen LogP contribution < -0.4 is 16.2 Å². The van der Waals surface area contributed by atoms with E-state index in [0.29, 0.717) is 17.9 Å². The number of hydrogen-bond donors (Lipinski definition) is 3. The standard InChI is InChI=1S/C14H17N5O4/c20-11-6-9(3-4-15-11)13-18-12(23-19-13)8-17-14(21)16-7-10-2-1-5-22-10/h3-4,6,10H,1-2,5,7-8H2,(H,15,20)(H2,16,17,21). The van der Waals surface area contributed by atoms with E-state index in [1.54, 1.807) is 6.07 Å². The summed E-state index contributed by atoms with van der Waals surface area (Å²) in [7, 11) is 0. The maximum absolute atomic E-state index is 11.7. The summed E-state index contributed by atoms with van der Waals surface area (Å²) in [5, 5.41) is 9.14.